The third-order valence-corrected chi connectivity index (χ3v) is 3.56. The van der Waals surface area contributed by atoms with Gasteiger partial charge in [0.25, 0.3) is 0 Å². The smallest absolute Gasteiger partial charge is 0.239 e. The molecule has 5 nitrogen and oxygen atoms in total. The summed E-state index contributed by atoms with van der Waals surface area (Å²) >= 11 is 0. The molecule has 5 heteroatoms. The van der Waals surface area contributed by atoms with E-state index in [1.807, 2.05) is 31.3 Å². The summed E-state index contributed by atoms with van der Waals surface area (Å²) in [6.07, 6.45) is 2.01. The first kappa shape index (κ1) is 12.2. The fourth-order valence-electron chi connectivity index (χ4n) is 2.54. The number of benzene rings is 1. The third-order valence-electron chi connectivity index (χ3n) is 3.56. The van der Waals surface area contributed by atoms with Gasteiger partial charge in [-0.1, -0.05) is 12.1 Å². The highest BCUT2D eigenvalue weighted by molar-refractivity contribution is 5.82. The molecule has 0 radical (unpaired) electrons. The van der Waals surface area contributed by atoms with E-state index in [0.717, 1.165) is 36.2 Å². The number of aromatic nitrogens is 2. The van der Waals surface area contributed by atoms with Crippen molar-refractivity contribution in [2.45, 2.75) is 25.4 Å². The van der Waals surface area contributed by atoms with Crippen molar-refractivity contribution in [1.82, 2.24) is 20.2 Å². The van der Waals surface area contributed by atoms with Gasteiger partial charge in [-0.25, -0.2) is 4.98 Å². The molecule has 1 saturated heterocycles. The van der Waals surface area contributed by atoms with Crippen LogP contribution in [0.2, 0.25) is 0 Å². The highest BCUT2D eigenvalue weighted by atomic mass is 16.2. The number of aromatic amines is 1. The number of likely N-dealkylation sites (N-methyl/N-ethyl adjacent to an activating group) is 1. The molecule has 19 heavy (non-hydrogen) atoms. The number of rotatable bonds is 3. The number of hydrogen-bond donors (Lipinski definition) is 2. The lowest BCUT2D eigenvalue weighted by atomic mass is 10.2. The molecular weight excluding hydrogens is 240 g/mol. The van der Waals surface area contributed by atoms with Crippen LogP contribution in [0.4, 0.5) is 0 Å². The molecule has 0 bridgehead atoms. The molecule has 1 aliphatic heterocycles. The molecule has 2 aromatic rings. The van der Waals surface area contributed by atoms with E-state index in [9.17, 15) is 4.79 Å². The summed E-state index contributed by atoms with van der Waals surface area (Å²) in [5.74, 6) is 0.980. The predicted octanol–water partition coefficient (Wildman–Crippen LogP) is 1.27. The number of amides is 1. The number of H-pyrrole nitrogens is 1. The van der Waals surface area contributed by atoms with Crippen LogP contribution in [0.3, 0.4) is 0 Å². The first-order valence-electron chi connectivity index (χ1n) is 6.66. The lowest BCUT2D eigenvalue weighted by molar-refractivity contribution is -0.132. The minimum absolute atomic E-state index is 0.0191. The van der Waals surface area contributed by atoms with Crippen molar-refractivity contribution in [3.05, 3.63) is 30.1 Å². The van der Waals surface area contributed by atoms with Crippen LogP contribution in [-0.4, -0.2) is 40.4 Å². The predicted molar refractivity (Wildman–Crippen MR) is 73.6 cm³/mol. The number of nitrogens with zero attached hydrogens (tertiary/aromatic N) is 2. The maximum Gasteiger partial charge on any atom is 0.239 e. The van der Waals surface area contributed by atoms with Gasteiger partial charge in [0.15, 0.2) is 0 Å². The fraction of sp³-hybridized carbons (Fsp3) is 0.429. The first-order chi connectivity index (χ1) is 9.24. The van der Waals surface area contributed by atoms with Crippen LogP contribution < -0.4 is 5.32 Å². The highest BCUT2D eigenvalue weighted by Crippen LogP contribution is 2.13. The Kier molecular flexibility index (Phi) is 3.21. The summed E-state index contributed by atoms with van der Waals surface area (Å²) in [7, 11) is 1.83. The minimum Gasteiger partial charge on any atom is -0.340 e. The third kappa shape index (κ3) is 2.46. The summed E-state index contributed by atoms with van der Waals surface area (Å²) in [6.45, 7) is 1.46. The van der Waals surface area contributed by atoms with Crippen molar-refractivity contribution >= 4 is 16.9 Å². The quantitative estimate of drug-likeness (QED) is 0.871. The Labute approximate surface area is 112 Å². The van der Waals surface area contributed by atoms with Gasteiger partial charge in [-0.2, -0.15) is 0 Å². The molecule has 0 spiro atoms. The lowest BCUT2D eigenvalue weighted by Crippen LogP contribution is -2.41. The van der Waals surface area contributed by atoms with Crippen molar-refractivity contribution in [2.75, 3.05) is 13.6 Å². The summed E-state index contributed by atoms with van der Waals surface area (Å²) in [5.41, 5.74) is 1.95. The van der Waals surface area contributed by atoms with Gasteiger partial charge in [0.05, 0.1) is 23.6 Å². The van der Waals surface area contributed by atoms with E-state index >= 15 is 0 Å². The van der Waals surface area contributed by atoms with Gasteiger partial charge in [-0.3, -0.25) is 4.79 Å². The molecule has 3 rings (SSSR count). The number of carbonyl (C=O) groups excluding carboxylic acids is 1. The SMILES string of the molecule is CN(Cc1nc2ccccc2[nH]1)C(=O)C1CCCN1. The van der Waals surface area contributed by atoms with E-state index in [-0.39, 0.29) is 11.9 Å². The van der Waals surface area contributed by atoms with Gasteiger partial charge in [0.1, 0.15) is 5.82 Å². The summed E-state index contributed by atoms with van der Waals surface area (Å²) in [5, 5.41) is 3.23. The Morgan fingerprint density at radius 1 is 1.47 bits per heavy atom. The molecule has 2 N–H and O–H groups in total. The van der Waals surface area contributed by atoms with E-state index in [1.54, 1.807) is 4.90 Å². The van der Waals surface area contributed by atoms with E-state index in [4.69, 9.17) is 0 Å². The molecule has 1 aromatic heterocycles. The molecule has 2 heterocycles. The van der Waals surface area contributed by atoms with Crippen LogP contribution in [0.25, 0.3) is 11.0 Å². The minimum atomic E-state index is -0.0191. The van der Waals surface area contributed by atoms with Crippen LogP contribution in [0.5, 0.6) is 0 Å². The van der Waals surface area contributed by atoms with Crippen molar-refractivity contribution in [1.29, 1.82) is 0 Å². The Hall–Kier alpha value is -1.88. The zero-order valence-electron chi connectivity index (χ0n) is 11.0. The number of nitrogens with one attached hydrogen (secondary N) is 2. The molecule has 1 fully saturated rings. The fourth-order valence-corrected chi connectivity index (χ4v) is 2.54. The zero-order valence-corrected chi connectivity index (χ0v) is 11.0. The molecular formula is C14H18N4O. The second kappa shape index (κ2) is 5.01. The second-order valence-corrected chi connectivity index (χ2v) is 5.04. The average molecular weight is 258 g/mol. The standard InChI is InChI=1S/C14H18N4O/c1-18(14(19)12-7-4-8-15-12)9-13-16-10-5-2-3-6-11(10)17-13/h2-3,5-6,12,15H,4,7-9H2,1H3,(H,16,17). The molecule has 1 aliphatic rings. The van der Waals surface area contributed by atoms with Gasteiger partial charge >= 0.3 is 0 Å². The van der Waals surface area contributed by atoms with Gasteiger partial charge in [-0.15, -0.1) is 0 Å². The number of hydrogen-bond acceptors (Lipinski definition) is 3. The highest BCUT2D eigenvalue weighted by Gasteiger charge is 2.25. The van der Waals surface area contributed by atoms with E-state index < -0.39 is 0 Å². The average Bonchev–Trinajstić information content (AvgIpc) is 3.06. The van der Waals surface area contributed by atoms with Crippen LogP contribution in [0, 0.1) is 0 Å². The van der Waals surface area contributed by atoms with Crippen LogP contribution in [0.15, 0.2) is 24.3 Å². The van der Waals surface area contributed by atoms with Crippen molar-refractivity contribution in [3.8, 4) is 0 Å². The van der Waals surface area contributed by atoms with Gasteiger partial charge in [0.2, 0.25) is 5.91 Å². The Bertz CT molecular complexity index is 553. The molecule has 0 saturated carbocycles. The van der Waals surface area contributed by atoms with Crippen molar-refractivity contribution < 1.29 is 4.79 Å². The van der Waals surface area contributed by atoms with Crippen LogP contribution in [0.1, 0.15) is 18.7 Å². The van der Waals surface area contributed by atoms with E-state index in [2.05, 4.69) is 15.3 Å². The molecule has 1 aromatic carbocycles. The molecule has 1 amide bonds. The number of fused-ring (bicyclic) bond motifs is 1. The van der Waals surface area contributed by atoms with E-state index in [0.29, 0.717) is 6.54 Å². The summed E-state index contributed by atoms with van der Waals surface area (Å²) < 4.78 is 0. The summed E-state index contributed by atoms with van der Waals surface area (Å²) in [6, 6.07) is 7.88. The van der Waals surface area contributed by atoms with Crippen molar-refractivity contribution in [2.24, 2.45) is 0 Å². The second-order valence-electron chi connectivity index (χ2n) is 5.04. The Balaban J connectivity index is 1.71. The largest absolute Gasteiger partial charge is 0.340 e. The first-order valence-corrected chi connectivity index (χ1v) is 6.66. The van der Waals surface area contributed by atoms with Gasteiger partial charge in [0, 0.05) is 7.05 Å². The normalized spacial score (nSPS) is 18.9. The van der Waals surface area contributed by atoms with Gasteiger partial charge < -0.3 is 15.2 Å². The monoisotopic (exact) mass is 258 g/mol. The number of carbonyl (C=O) groups is 1. The summed E-state index contributed by atoms with van der Waals surface area (Å²) in [4.78, 5) is 21.7. The molecule has 1 unspecified atom stereocenters. The van der Waals surface area contributed by atoms with E-state index in [1.165, 1.54) is 0 Å². The Morgan fingerprint density at radius 2 is 2.32 bits per heavy atom. The maximum absolute atomic E-state index is 12.2. The van der Waals surface area contributed by atoms with Gasteiger partial charge in [-0.05, 0) is 31.5 Å². The maximum atomic E-state index is 12.2. The zero-order chi connectivity index (χ0) is 13.2. The van der Waals surface area contributed by atoms with Crippen LogP contribution >= 0.6 is 0 Å². The molecule has 0 aliphatic carbocycles. The van der Waals surface area contributed by atoms with Crippen molar-refractivity contribution in [3.63, 3.8) is 0 Å². The Morgan fingerprint density at radius 3 is 3.05 bits per heavy atom. The number of para-hydroxylation sites is 2. The molecule has 1 atom stereocenters. The lowest BCUT2D eigenvalue weighted by Gasteiger charge is -2.19. The van der Waals surface area contributed by atoms with Crippen LogP contribution in [-0.2, 0) is 11.3 Å². The number of imidazole rings is 1. The molecule has 100 valence electrons. The topological polar surface area (TPSA) is 61.0 Å².